The number of benzene rings is 1. The Kier molecular flexibility index (Phi) is 8.83. The summed E-state index contributed by atoms with van der Waals surface area (Å²) in [7, 11) is 0. The topological polar surface area (TPSA) is 200 Å². The summed E-state index contributed by atoms with van der Waals surface area (Å²) in [5.41, 5.74) is -0.538. The molecular weight excluding hydrogens is 465 g/mol. The quantitative estimate of drug-likeness (QED) is 0.232. The van der Waals surface area contributed by atoms with Crippen LogP contribution < -0.4 is 4.74 Å². The molecule has 13 nitrogen and oxygen atoms in total. The van der Waals surface area contributed by atoms with Gasteiger partial charge in [0.15, 0.2) is 11.6 Å². The summed E-state index contributed by atoms with van der Waals surface area (Å²) >= 11 is 0. The van der Waals surface area contributed by atoms with Crippen molar-refractivity contribution in [3.05, 3.63) is 34.1 Å². The van der Waals surface area contributed by atoms with E-state index in [1.807, 2.05) is 0 Å². The Hall–Kier alpha value is -3.81. The normalized spacial score (nSPS) is 24.1. The van der Waals surface area contributed by atoms with E-state index in [1.165, 1.54) is 0 Å². The van der Waals surface area contributed by atoms with Crippen molar-refractivity contribution < 1.29 is 58.0 Å². The first-order valence-corrected chi connectivity index (χ1v) is 9.93. The number of non-ortho nitro benzene ring substituents is 1. The number of carboxylic acid groups (broad SMARTS) is 3. The summed E-state index contributed by atoms with van der Waals surface area (Å²) in [6.07, 6.45) is -4.97. The van der Waals surface area contributed by atoms with Crippen LogP contribution in [0.15, 0.2) is 18.2 Å². The Morgan fingerprint density at radius 2 is 1.59 bits per heavy atom. The van der Waals surface area contributed by atoms with Gasteiger partial charge in [0.2, 0.25) is 6.29 Å². The summed E-state index contributed by atoms with van der Waals surface area (Å²) < 4.78 is 30.3. The van der Waals surface area contributed by atoms with Gasteiger partial charge in [-0.2, -0.15) is 0 Å². The van der Waals surface area contributed by atoms with Gasteiger partial charge in [0, 0.05) is 31.2 Å². The van der Waals surface area contributed by atoms with Crippen molar-refractivity contribution in [2.24, 2.45) is 17.8 Å². The third-order valence-electron chi connectivity index (χ3n) is 5.29. The lowest BCUT2D eigenvalue weighted by Crippen LogP contribution is -2.53. The highest BCUT2D eigenvalue weighted by atomic mass is 19.1. The Morgan fingerprint density at radius 3 is 2.12 bits per heavy atom. The van der Waals surface area contributed by atoms with Crippen LogP contribution in [-0.4, -0.2) is 63.1 Å². The van der Waals surface area contributed by atoms with Crippen LogP contribution in [0.2, 0.25) is 0 Å². The number of ether oxygens (including phenoxy) is 3. The van der Waals surface area contributed by atoms with E-state index in [-0.39, 0.29) is 0 Å². The number of hydrogen-bond donors (Lipinski definition) is 3. The van der Waals surface area contributed by atoms with Gasteiger partial charge >= 0.3 is 23.9 Å². The van der Waals surface area contributed by atoms with Crippen molar-refractivity contribution >= 4 is 29.6 Å². The van der Waals surface area contributed by atoms with Crippen LogP contribution >= 0.6 is 0 Å². The smallest absolute Gasteiger partial charge is 0.303 e. The predicted molar refractivity (Wildman–Crippen MR) is 106 cm³/mol. The van der Waals surface area contributed by atoms with Gasteiger partial charge in [-0.15, -0.1) is 0 Å². The second-order valence-electron chi connectivity index (χ2n) is 7.62. The van der Waals surface area contributed by atoms with Crippen LogP contribution in [-0.2, 0) is 28.7 Å². The van der Waals surface area contributed by atoms with Crippen LogP contribution in [0.3, 0.4) is 0 Å². The SMILES string of the molecule is CC(=O)OC[C@@H]1O[C@@H](Oc2cc([N+](=O)[O-])ccc2F)[C@H](CC(=O)O)[C@@H](CC(=O)O)[C@H]1CC(=O)O. The van der Waals surface area contributed by atoms with E-state index in [4.69, 9.17) is 14.2 Å². The van der Waals surface area contributed by atoms with E-state index in [0.717, 1.165) is 25.1 Å². The zero-order chi connectivity index (χ0) is 25.6. The Morgan fingerprint density at radius 1 is 1.03 bits per heavy atom. The van der Waals surface area contributed by atoms with Gasteiger partial charge in [0.1, 0.15) is 6.61 Å². The van der Waals surface area contributed by atoms with Gasteiger partial charge < -0.3 is 29.5 Å². The van der Waals surface area contributed by atoms with E-state index in [9.17, 15) is 49.0 Å². The minimum atomic E-state index is -1.65. The molecule has 1 aliphatic rings. The molecule has 1 heterocycles. The molecule has 0 unspecified atom stereocenters. The zero-order valence-electron chi connectivity index (χ0n) is 17.8. The summed E-state index contributed by atoms with van der Waals surface area (Å²) in [4.78, 5) is 56.0. The van der Waals surface area contributed by atoms with Gasteiger partial charge in [-0.1, -0.05) is 0 Å². The van der Waals surface area contributed by atoms with E-state index in [0.29, 0.717) is 0 Å². The van der Waals surface area contributed by atoms with Gasteiger partial charge in [0.05, 0.1) is 29.9 Å². The Bertz CT molecular complexity index is 967. The summed E-state index contributed by atoms with van der Waals surface area (Å²) in [5, 5.41) is 39.1. The third-order valence-corrected chi connectivity index (χ3v) is 5.29. The average Bonchev–Trinajstić information content (AvgIpc) is 2.71. The van der Waals surface area contributed by atoms with Crippen molar-refractivity contribution in [2.45, 2.75) is 38.6 Å². The standard InChI is InChI=1S/C20H22FNO12/c1-9(23)32-8-16-12(6-18(26)27)11(5-17(24)25)13(7-19(28)29)20(34-16)33-15-4-10(22(30)31)2-3-14(15)21/h2-4,11-13,16,20H,5-8H2,1H3,(H,24,25)(H,26,27)(H,28,29)/t11-,12+,13+,16-,20+/m0/s1. The molecule has 2 rings (SSSR count). The number of nitro benzene ring substituents is 1. The number of carbonyl (C=O) groups excluding carboxylic acids is 1. The maximum absolute atomic E-state index is 14.3. The second-order valence-corrected chi connectivity index (χ2v) is 7.62. The van der Waals surface area contributed by atoms with Gasteiger partial charge in [-0.3, -0.25) is 29.3 Å². The van der Waals surface area contributed by atoms with Gasteiger partial charge in [0.25, 0.3) is 5.69 Å². The molecule has 1 saturated heterocycles. The molecule has 0 saturated carbocycles. The Balaban J connectivity index is 2.52. The number of carboxylic acids is 3. The van der Waals surface area contributed by atoms with Gasteiger partial charge in [-0.25, -0.2) is 4.39 Å². The molecule has 5 atom stereocenters. The molecule has 1 aromatic carbocycles. The lowest BCUT2D eigenvalue weighted by molar-refractivity contribution is -0.385. The fraction of sp³-hybridized carbons (Fsp3) is 0.500. The molecule has 1 aliphatic heterocycles. The average molecular weight is 487 g/mol. The largest absolute Gasteiger partial charge is 0.481 e. The highest BCUT2D eigenvalue weighted by Crippen LogP contribution is 2.42. The highest BCUT2D eigenvalue weighted by Gasteiger charge is 2.49. The van der Waals surface area contributed by atoms with Crippen molar-refractivity contribution in [2.75, 3.05) is 6.61 Å². The summed E-state index contributed by atoms with van der Waals surface area (Å²) in [6.45, 7) is 0.559. The van der Waals surface area contributed by atoms with Gasteiger partial charge in [-0.05, 0) is 12.0 Å². The number of nitrogens with zero attached hydrogens (tertiary/aromatic N) is 1. The number of carbonyl (C=O) groups is 4. The van der Waals surface area contributed by atoms with Crippen LogP contribution in [0.5, 0.6) is 5.75 Å². The summed E-state index contributed by atoms with van der Waals surface area (Å²) in [5.74, 6) is -10.1. The molecular formula is C20H22FNO12. The number of rotatable bonds is 11. The van der Waals surface area contributed by atoms with Crippen molar-refractivity contribution in [3.8, 4) is 5.75 Å². The third kappa shape index (κ3) is 7.10. The first kappa shape index (κ1) is 26.4. The summed E-state index contributed by atoms with van der Waals surface area (Å²) in [6, 6.07) is 2.37. The zero-order valence-corrected chi connectivity index (χ0v) is 17.8. The minimum Gasteiger partial charge on any atom is -0.481 e. The molecule has 1 fully saturated rings. The fourth-order valence-corrected chi connectivity index (χ4v) is 3.91. The van der Waals surface area contributed by atoms with E-state index >= 15 is 0 Å². The first-order chi connectivity index (χ1) is 15.9. The molecule has 1 aromatic rings. The van der Waals surface area contributed by atoms with E-state index in [2.05, 4.69) is 0 Å². The highest BCUT2D eigenvalue weighted by molar-refractivity contribution is 5.70. The van der Waals surface area contributed by atoms with Crippen LogP contribution in [0.1, 0.15) is 26.2 Å². The van der Waals surface area contributed by atoms with Crippen LogP contribution in [0.4, 0.5) is 10.1 Å². The fourth-order valence-electron chi connectivity index (χ4n) is 3.91. The molecule has 0 amide bonds. The molecule has 186 valence electrons. The van der Waals surface area contributed by atoms with Crippen molar-refractivity contribution in [1.82, 2.24) is 0 Å². The maximum Gasteiger partial charge on any atom is 0.303 e. The first-order valence-electron chi connectivity index (χ1n) is 9.93. The van der Waals surface area contributed by atoms with Crippen LogP contribution in [0, 0.1) is 33.7 Å². The van der Waals surface area contributed by atoms with Crippen LogP contribution in [0.25, 0.3) is 0 Å². The van der Waals surface area contributed by atoms with Crippen molar-refractivity contribution in [3.63, 3.8) is 0 Å². The number of aliphatic carboxylic acids is 3. The van der Waals surface area contributed by atoms with E-state index in [1.54, 1.807) is 0 Å². The Labute approximate surface area is 191 Å². The monoisotopic (exact) mass is 487 g/mol. The maximum atomic E-state index is 14.3. The van der Waals surface area contributed by atoms with E-state index < -0.39 is 102 Å². The number of halogens is 1. The van der Waals surface area contributed by atoms with Crippen molar-refractivity contribution in [1.29, 1.82) is 0 Å². The molecule has 0 spiro atoms. The minimum absolute atomic E-state index is 0.513. The molecule has 0 radical (unpaired) electrons. The molecule has 14 heteroatoms. The predicted octanol–water partition coefficient (Wildman–Crippen LogP) is 1.67. The molecule has 34 heavy (non-hydrogen) atoms. The second kappa shape index (κ2) is 11.4. The molecule has 0 aliphatic carbocycles. The molecule has 0 aromatic heterocycles. The lowest BCUT2D eigenvalue weighted by atomic mass is 9.71. The lowest BCUT2D eigenvalue weighted by Gasteiger charge is -2.45. The number of esters is 1. The number of hydrogen-bond acceptors (Lipinski definition) is 9. The number of nitro groups is 1. The molecule has 3 N–H and O–H groups in total. The molecule has 0 bridgehead atoms.